The SMILES string of the molecule is COC(=O)c1ccc(Cl)c2[nH]c(SC)c(C(=O)CC(C)C)c(=O)c12. The predicted octanol–water partition coefficient (Wildman–Crippen LogP) is 3.92. The van der Waals surface area contributed by atoms with Gasteiger partial charge in [-0.15, -0.1) is 11.8 Å². The fourth-order valence-electron chi connectivity index (χ4n) is 2.50. The zero-order chi connectivity index (χ0) is 18.0. The number of Topliss-reactive ketones (excluding diaryl/α,β-unsaturated/α-hetero) is 1. The molecule has 0 bridgehead atoms. The number of H-pyrrole nitrogens is 1. The van der Waals surface area contributed by atoms with Crippen LogP contribution < -0.4 is 5.43 Å². The number of methoxy groups -OCH3 is 1. The molecule has 128 valence electrons. The van der Waals surface area contributed by atoms with Crippen LogP contribution in [0.5, 0.6) is 0 Å². The monoisotopic (exact) mass is 367 g/mol. The molecule has 1 heterocycles. The number of aromatic nitrogens is 1. The molecule has 0 unspecified atom stereocenters. The molecule has 0 saturated heterocycles. The van der Waals surface area contributed by atoms with Gasteiger partial charge in [0.1, 0.15) is 0 Å². The standard InChI is InChI=1S/C17H18ClNO4S/c1-8(2)7-11(20)13-15(21)12-9(17(22)23-3)5-6-10(18)14(12)19-16(13)24-4/h5-6,8H,7H2,1-4H3,(H,19,21). The number of halogens is 1. The van der Waals surface area contributed by atoms with E-state index in [-0.39, 0.29) is 34.6 Å². The highest BCUT2D eigenvalue weighted by Crippen LogP contribution is 2.28. The summed E-state index contributed by atoms with van der Waals surface area (Å²) in [7, 11) is 1.23. The molecule has 0 spiro atoms. The molecule has 1 N–H and O–H groups in total. The van der Waals surface area contributed by atoms with Crippen LogP contribution in [0.3, 0.4) is 0 Å². The molecule has 24 heavy (non-hydrogen) atoms. The van der Waals surface area contributed by atoms with Crippen LogP contribution in [0, 0.1) is 5.92 Å². The zero-order valence-electron chi connectivity index (χ0n) is 13.9. The van der Waals surface area contributed by atoms with E-state index >= 15 is 0 Å². The number of rotatable bonds is 5. The second-order valence-corrected chi connectivity index (χ2v) is 6.94. The number of thioether (sulfide) groups is 1. The number of ether oxygens (including phenoxy) is 1. The molecule has 2 rings (SSSR count). The Labute approximate surface area is 148 Å². The van der Waals surface area contributed by atoms with Crippen molar-refractivity contribution in [2.24, 2.45) is 5.92 Å². The summed E-state index contributed by atoms with van der Waals surface area (Å²) in [6, 6.07) is 2.95. The number of hydrogen-bond donors (Lipinski definition) is 1. The first-order chi connectivity index (χ1) is 11.3. The van der Waals surface area contributed by atoms with Gasteiger partial charge >= 0.3 is 5.97 Å². The van der Waals surface area contributed by atoms with Crippen LogP contribution in [-0.4, -0.2) is 30.1 Å². The fourth-order valence-corrected chi connectivity index (χ4v) is 3.32. The van der Waals surface area contributed by atoms with E-state index in [1.807, 2.05) is 13.8 Å². The van der Waals surface area contributed by atoms with Crippen LogP contribution in [-0.2, 0) is 4.74 Å². The van der Waals surface area contributed by atoms with E-state index in [1.165, 1.54) is 31.0 Å². The van der Waals surface area contributed by atoms with Crippen LogP contribution in [0.15, 0.2) is 22.0 Å². The van der Waals surface area contributed by atoms with Crippen molar-refractivity contribution in [1.82, 2.24) is 4.98 Å². The molecule has 0 atom stereocenters. The highest BCUT2D eigenvalue weighted by atomic mass is 35.5. The number of pyridine rings is 1. The van der Waals surface area contributed by atoms with Crippen LogP contribution >= 0.6 is 23.4 Å². The Kier molecular flexibility index (Phi) is 5.72. The maximum absolute atomic E-state index is 13.0. The minimum Gasteiger partial charge on any atom is -0.465 e. The van der Waals surface area contributed by atoms with E-state index in [0.717, 1.165) is 0 Å². The number of carbonyl (C=O) groups is 2. The summed E-state index contributed by atoms with van der Waals surface area (Å²) < 4.78 is 4.74. The normalized spacial score (nSPS) is 11.1. The van der Waals surface area contributed by atoms with Gasteiger partial charge in [0.25, 0.3) is 0 Å². The van der Waals surface area contributed by atoms with Crippen molar-refractivity contribution >= 4 is 46.0 Å². The Hall–Kier alpha value is -1.79. The summed E-state index contributed by atoms with van der Waals surface area (Å²) in [4.78, 5) is 40.6. The topological polar surface area (TPSA) is 76.2 Å². The average molecular weight is 368 g/mol. The molecule has 0 radical (unpaired) electrons. The lowest BCUT2D eigenvalue weighted by Gasteiger charge is -2.12. The number of benzene rings is 1. The number of fused-ring (bicyclic) bond motifs is 1. The first kappa shape index (κ1) is 18.5. The van der Waals surface area contributed by atoms with E-state index < -0.39 is 11.4 Å². The van der Waals surface area contributed by atoms with E-state index in [0.29, 0.717) is 15.6 Å². The zero-order valence-corrected chi connectivity index (χ0v) is 15.4. The predicted molar refractivity (Wildman–Crippen MR) is 96.5 cm³/mol. The third-order valence-corrected chi connectivity index (χ3v) is 4.59. The Morgan fingerprint density at radius 3 is 2.54 bits per heavy atom. The molecule has 1 aromatic heterocycles. The number of carbonyl (C=O) groups excluding carboxylic acids is 2. The number of esters is 1. The molecule has 0 aliphatic heterocycles. The summed E-state index contributed by atoms with van der Waals surface area (Å²) in [5.41, 5.74) is -0.0165. The smallest absolute Gasteiger partial charge is 0.338 e. The first-order valence-electron chi connectivity index (χ1n) is 7.35. The van der Waals surface area contributed by atoms with Gasteiger partial charge in [0.05, 0.1) is 39.2 Å². The van der Waals surface area contributed by atoms with Gasteiger partial charge in [-0.3, -0.25) is 9.59 Å². The molecule has 0 fully saturated rings. The van der Waals surface area contributed by atoms with Crippen molar-refractivity contribution in [2.75, 3.05) is 13.4 Å². The second kappa shape index (κ2) is 7.40. The molecule has 7 heteroatoms. The van der Waals surface area contributed by atoms with Gasteiger partial charge in [-0.2, -0.15) is 0 Å². The van der Waals surface area contributed by atoms with Gasteiger partial charge < -0.3 is 9.72 Å². The summed E-state index contributed by atoms with van der Waals surface area (Å²) >= 11 is 7.43. The van der Waals surface area contributed by atoms with Gasteiger partial charge in [0.2, 0.25) is 5.43 Å². The summed E-state index contributed by atoms with van der Waals surface area (Å²) in [5.74, 6) is -0.795. The lowest BCUT2D eigenvalue weighted by molar-refractivity contribution is 0.0602. The Morgan fingerprint density at radius 1 is 1.33 bits per heavy atom. The van der Waals surface area contributed by atoms with Gasteiger partial charge in [0, 0.05) is 6.42 Å². The number of nitrogens with one attached hydrogen (secondary N) is 1. The van der Waals surface area contributed by atoms with Crippen LogP contribution in [0.4, 0.5) is 0 Å². The van der Waals surface area contributed by atoms with Gasteiger partial charge in [-0.1, -0.05) is 25.4 Å². The number of aromatic amines is 1. The Balaban J connectivity index is 2.89. The largest absolute Gasteiger partial charge is 0.465 e. The summed E-state index contributed by atoms with van der Waals surface area (Å²) in [6.07, 6.45) is 2.01. The van der Waals surface area contributed by atoms with Crippen molar-refractivity contribution in [3.05, 3.63) is 38.5 Å². The molecule has 1 aromatic carbocycles. The lowest BCUT2D eigenvalue weighted by atomic mass is 9.99. The minimum atomic E-state index is -0.652. The molecule has 5 nitrogen and oxygen atoms in total. The maximum atomic E-state index is 13.0. The van der Waals surface area contributed by atoms with Crippen molar-refractivity contribution < 1.29 is 14.3 Å². The van der Waals surface area contributed by atoms with Crippen molar-refractivity contribution in [2.45, 2.75) is 25.3 Å². The van der Waals surface area contributed by atoms with Crippen LogP contribution in [0.1, 0.15) is 41.0 Å². The molecule has 0 saturated carbocycles. The highest BCUT2D eigenvalue weighted by Gasteiger charge is 2.24. The van der Waals surface area contributed by atoms with Gasteiger partial charge in [-0.05, 0) is 24.3 Å². The second-order valence-electron chi connectivity index (χ2n) is 5.72. The molecular weight excluding hydrogens is 350 g/mol. The molecular formula is C17H18ClNO4S. The van der Waals surface area contributed by atoms with E-state index in [9.17, 15) is 14.4 Å². The van der Waals surface area contributed by atoms with Crippen LogP contribution in [0.25, 0.3) is 10.9 Å². The maximum Gasteiger partial charge on any atom is 0.338 e. The van der Waals surface area contributed by atoms with Crippen molar-refractivity contribution in [1.29, 1.82) is 0 Å². The molecule has 0 aliphatic carbocycles. The third-order valence-electron chi connectivity index (χ3n) is 3.56. The third kappa shape index (κ3) is 3.35. The lowest BCUT2D eigenvalue weighted by Crippen LogP contribution is -2.21. The van der Waals surface area contributed by atoms with E-state index in [4.69, 9.17) is 16.3 Å². The van der Waals surface area contributed by atoms with Gasteiger partial charge in [0.15, 0.2) is 5.78 Å². The summed E-state index contributed by atoms with van der Waals surface area (Å²) in [5, 5.41) is 0.828. The molecule has 2 aromatic rings. The highest BCUT2D eigenvalue weighted by molar-refractivity contribution is 7.98. The Morgan fingerprint density at radius 2 is 2.00 bits per heavy atom. The fraction of sp³-hybridized carbons (Fsp3) is 0.353. The summed E-state index contributed by atoms with van der Waals surface area (Å²) in [6.45, 7) is 3.81. The van der Waals surface area contributed by atoms with E-state index in [1.54, 1.807) is 6.26 Å². The van der Waals surface area contributed by atoms with Crippen LogP contribution in [0.2, 0.25) is 5.02 Å². The van der Waals surface area contributed by atoms with Crippen molar-refractivity contribution in [3.63, 3.8) is 0 Å². The van der Waals surface area contributed by atoms with E-state index in [2.05, 4.69) is 4.98 Å². The van der Waals surface area contributed by atoms with Gasteiger partial charge in [-0.25, -0.2) is 4.79 Å². The molecule has 0 aliphatic rings. The minimum absolute atomic E-state index is 0.0659. The average Bonchev–Trinajstić information content (AvgIpc) is 2.53. The Bertz CT molecular complexity index is 873. The number of ketones is 1. The van der Waals surface area contributed by atoms with Crippen molar-refractivity contribution in [3.8, 4) is 0 Å². The quantitative estimate of drug-likeness (QED) is 0.492. The first-order valence-corrected chi connectivity index (χ1v) is 8.96. The molecule has 0 amide bonds. The number of hydrogen-bond acceptors (Lipinski definition) is 5.